The highest BCUT2D eigenvalue weighted by Gasteiger charge is 2.20. The molecule has 1 amide bonds. The molecule has 24 heavy (non-hydrogen) atoms. The molecule has 4 nitrogen and oxygen atoms in total. The molecule has 1 atom stereocenters. The first kappa shape index (κ1) is 18.2. The molecule has 0 aliphatic heterocycles. The van der Waals surface area contributed by atoms with Crippen LogP contribution in [-0.2, 0) is 20.4 Å². The third kappa shape index (κ3) is 5.20. The summed E-state index contributed by atoms with van der Waals surface area (Å²) in [5.41, 5.74) is 3.62. The summed E-state index contributed by atoms with van der Waals surface area (Å²) in [6, 6.07) is 14.9. The zero-order chi connectivity index (χ0) is 17.7. The van der Waals surface area contributed by atoms with Gasteiger partial charge in [-0.2, -0.15) is 0 Å². The Balaban J connectivity index is 2.01. The highest BCUT2D eigenvalue weighted by molar-refractivity contribution is 7.91. The predicted octanol–water partition coefficient (Wildman–Crippen LogP) is 3.10. The van der Waals surface area contributed by atoms with Gasteiger partial charge in [-0.05, 0) is 37.5 Å². The van der Waals surface area contributed by atoms with E-state index < -0.39 is 21.5 Å². The van der Waals surface area contributed by atoms with Crippen LogP contribution in [0.25, 0.3) is 0 Å². The number of carbonyl (C=O) groups is 1. The lowest BCUT2D eigenvalue weighted by Gasteiger charge is -2.14. The lowest BCUT2D eigenvalue weighted by Crippen LogP contribution is -2.32. The summed E-state index contributed by atoms with van der Waals surface area (Å²) in [6.45, 7) is 5.64. The minimum Gasteiger partial charge on any atom is -0.349 e. The minimum atomic E-state index is -3.51. The molecular formula is C19H23NO3S. The number of hydrogen-bond acceptors (Lipinski definition) is 3. The van der Waals surface area contributed by atoms with Gasteiger partial charge >= 0.3 is 0 Å². The maximum atomic E-state index is 12.3. The number of aryl methyl sites for hydroxylation is 2. The second-order valence-corrected chi connectivity index (χ2v) is 8.23. The Morgan fingerprint density at radius 3 is 2.42 bits per heavy atom. The highest BCUT2D eigenvalue weighted by atomic mass is 32.2. The molecule has 0 aromatic heterocycles. The van der Waals surface area contributed by atoms with Gasteiger partial charge in [0.05, 0.1) is 11.8 Å². The van der Waals surface area contributed by atoms with E-state index in [1.807, 2.05) is 69.3 Å². The first-order valence-electron chi connectivity index (χ1n) is 7.88. The molecule has 2 rings (SSSR count). The van der Waals surface area contributed by atoms with Gasteiger partial charge in [0.2, 0.25) is 5.91 Å². The second kappa shape index (κ2) is 7.62. The van der Waals surface area contributed by atoms with Crippen LogP contribution >= 0.6 is 0 Å². The number of amides is 1. The van der Waals surface area contributed by atoms with E-state index in [1.165, 1.54) is 0 Å². The third-order valence-corrected chi connectivity index (χ3v) is 5.36. The summed E-state index contributed by atoms with van der Waals surface area (Å²) in [5, 5.41) is 2.75. The quantitative estimate of drug-likeness (QED) is 0.875. The fourth-order valence-corrected chi connectivity index (χ4v) is 3.92. The van der Waals surface area contributed by atoms with E-state index >= 15 is 0 Å². The summed E-state index contributed by atoms with van der Waals surface area (Å²) >= 11 is 0. The van der Waals surface area contributed by atoms with Crippen molar-refractivity contribution in [2.24, 2.45) is 0 Å². The molecule has 0 spiro atoms. The molecule has 5 heteroatoms. The highest BCUT2D eigenvalue weighted by Crippen LogP contribution is 2.15. The Morgan fingerprint density at radius 2 is 1.75 bits per heavy atom. The zero-order valence-electron chi connectivity index (χ0n) is 14.2. The van der Waals surface area contributed by atoms with E-state index in [4.69, 9.17) is 0 Å². The summed E-state index contributed by atoms with van der Waals surface area (Å²) < 4.78 is 24.7. The van der Waals surface area contributed by atoms with Gasteiger partial charge in [0.25, 0.3) is 0 Å². The lowest BCUT2D eigenvalue weighted by molar-refractivity contribution is -0.119. The molecule has 2 aromatic rings. The van der Waals surface area contributed by atoms with Gasteiger partial charge < -0.3 is 5.32 Å². The number of carbonyl (C=O) groups excluding carboxylic acids is 1. The lowest BCUT2D eigenvalue weighted by atomic mass is 10.1. The van der Waals surface area contributed by atoms with Gasteiger partial charge in [0, 0.05) is 0 Å². The van der Waals surface area contributed by atoms with Crippen LogP contribution in [0.5, 0.6) is 0 Å². The largest absolute Gasteiger partial charge is 0.349 e. The van der Waals surface area contributed by atoms with Crippen molar-refractivity contribution in [3.63, 3.8) is 0 Å². The number of sulfone groups is 1. The molecule has 0 fully saturated rings. The van der Waals surface area contributed by atoms with Gasteiger partial charge in [-0.3, -0.25) is 4.79 Å². The first-order valence-corrected chi connectivity index (χ1v) is 9.70. The van der Waals surface area contributed by atoms with E-state index in [9.17, 15) is 13.2 Å². The average molecular weight is 345 g/mol. The van der Waals surface area contributed by atoms with E-state index in [0.29, 0.717) is 0 Å². The van der Waals surface area contributed by atoms with Gasteiger partial charge in [0.15, 0.2) is 9.84 Å². The maximum Gasteiger partial charge on any atom is 0.235 e. The van der Waals surface area contributed by atoms with Gasteiger partial charge in [-0.25, -0.2) is 8.42 Å². The molecular weight excluding hydrogens is 322 g/mol. The summed E-state index contributed by atoms with van der Waals surface area (Å²) in [6.07, 6.45) is 0. The van der Waals surface area contributed by atoms with Gasteiger partial charge in [0.1, 0.15) is 5.75 Å². The van der Waals surface area contributed by atoms with Crippen molar-refractivity contribution in [1.29, 1.82) is 0 Å². The number of benzene rings is 2. The molecule has 0 saturated heterocycles. The molecule has 2 aromatic carbocycles. The number of nitrogens with one attached hydrogen (secondary N) is 1. The van der Waals surface area contributed by atoms with Crippen LogP contribution < -0.4 is 5.32 Å². The fourth-order valence-electron chi connectivity index (χ4n) is 2.55. The van der Waals surface area contributed by atoms with E-state index in [0.717, 1.165) is 22.3 Å². The molecule has 0 bridgehead atoms. The molecule has 0 radical (unpaired) electrons. The Kier molecular flexibility index (Phi) is 5.78. The Labute approximate surface area is 143 Å². The van der Waals surface area contributed by atoms with Crippen molar-refractivity contribution in [3.8, 4) is 0 Å². The first-order chi connectivity index (χ1) is 11.3. The molecule has 1 N–H and O–H groups in total. The minimum absolute atomic E-state index is 0.117. The number of rotatable bonds is 6. The van der Waals surface area contributed by atoms with Crippen molar-refractivity contribution in [3.05, 3.63) is 70.8 Å². The molecule has 0 aliphatic carbocycles. The molecule has 0 heterocycles. The van der Waals surface area contributed by atoms with E-state index in [-0.39, 0.29) is 11.8 Å². The van der Waals surface area contributed by atoms with E-state index in [1.54, 1.807) is 0 Å². The van der Waals surface area contributed by atoms with Crippen molar-refractivity contribution in [2.45, 2.75) is 32.6 Å². The third-order valence-electron chi connectivity index (χ3n) is 3.91. The molecule has 1 unspecified atom stereocenters. The van der Waals surface area contributed by atoms with Crippen LogP contribution in [0.15, 0.2) is 48.5 Å². The summed E-state index contributed by atoms with van der Waals surface area (Å²) in [7, 11) is -3.51. The maximum absolute atomic E-state index is 12.3. The second-order valence-electron chi connectivity index (χ2n) is 6.16. The SMILES string of the molecule is Cc1ccc(C)c(CS(=O)(=O)CC(=O)NC(C)c2ccccc2)c1. The summed E-state index contributed by atoms with van der Waals surface area (Å²) in [4.78, 5) is 12.1. The van der Waals surface area contributed by atoms with Crippen molar-refractivity contribution in [2.75, 3.05) is 5.75 Å². The molecule has 0 aliphatic rings. The topological polar surface area (TPSA) is 63.2 Å². The Bertz CT molecular complexity index is 814. The smallest absolute Gasteiger partial charge is 0.235 e. The summed E-state index contributed by atoms with van der Waals surface area (Å²) in [5.74, 6) is -1.10. The monoisotopic (exact) mass is 345 g/mol. The van der Waals surface area contributed by atoms with Crippen LogP contribution in [0.3, 0.4) is 0 Å². The Morgan fingerprint density at radius 1 is 1.08 bits per heavy atom. The van der Waals surface area contributed by atoms with Crippen LogP contribution in [-0.4, -0.2) is 20.1 Å². The van der Waals surface area contributed by atoms with Crippen LogP contribution in [0.2, 0.25) is 0 Å². The Hall–Kier alpha value is -2.14. The normalized spacial score (nSPS) is 12.6. The predicted molar refractivity (Wildman–Crippen MR) is 96.4 cm³/mol. The standard InChI is InChI=1S/C19H23NO3S/c1-14-9-10-15(2)18(11-14)12-24(22,23)13-19(21)20-16(3)17-7-5-4-6-8-17/h4-11,16H,12-13H2,1-3H3,(H,20,21). The van der Waals surface area contributed by atoms with Crippen LogP contribution in [0, 0.1) is 13.8 Å². The molecule has 128 valence electrons. The number of hydrogen-bond donors (Lipinski definition) is 1. The van der Waals surface area contributed by atoms with Crippen LogP contribution in [0.1, 0.15) is 35.2 Å². The van der Waals surface area contributed by atoms with Crippen LogP contribution in [0.4, 0.5) is 0 Å². The van der Waals surface area contributed by atoms with Crippen molar-refractivity contribution in [1.82, 2.24) is 5.32 Å². The van der Waals surface area contributed by atoms with Gasteiger partial charge in [-0.1, -0.05) is 54.1 Å². The molecule has 0 saturated carbocycles. The van der Waals surface area contributed by atoms with E-state index in [2.05, 4.69) is 5.32 Å². The van der Waals surface area contributed by atoms with Crippen molar-refractivity contribution < 1.29 is 13.2 Å². The van der Waals surface area contributed by atoms with Gasteiger partial charge in [-0.15, -0.1) is 0 Å². The average Bonchev–Trinajstić information content (AvgIpc) is 2.50. The zero-order valence-corrected chi connectivity index (χ0v) is 15.1. The fraction of sp³-hybridized carbons (Fsp3) is 0.316. The van der Waals surface area contributed by atoms with Crippen molar-refractivity contribution >= 4 is 15.7 Å².